The highest BCUT2D eigenvalue weighted by Crippen LogP contribution is 2.28. The third kappa shape index (κ3) is 2.29. The number of hydrogen-bond acceptors (Lipinski definition) is 4. The van der Waals surface area contributed by atoms with Crippen molar-refractivity contribution < 1.29 is 9.53 Å². The van der Waals surface area contributed by atoms with Gasteiger partial charge in [-0.3, -0.25) is 4.79 Å². The molecule has 3 heterocycles. The molecule has 0 saturated carbocycles. The largest absolute Gasteiger partial charge is 0.368 e. The lowest BCUT2D eigenvalue weighted by atomic mass is 10.2. The molecule has 2 N–H and O–H groups in total. The summed E-state index contributed by atoms with van der Waals surface area (Å²) in [5.74, 6) is 0.600. The van der Waals surface area contributed by atoms with Crippen LogP contribution in [0, 0.1) is 0 Å². The standard InChI is InChI=1S/C13H15N3O2S/c1-18-11(9-5-3-7-19-9)12-15-8-4-2-6-14-13(17)10(8)16-12/h3,5,7,11H,2,4,6H2,1H3,(H,14,17)(H,15,16). The predicted molar refractivity (Wildman–Crippen MR) is 72.4 cm³/mol. The van der Waals surface area contributed by atoms with Gasteiger partial charge in [-0.25, -0.2) is 4.98 Å². The molecule has 2 aromatic heterocycles. The number of fused-ring (bicyclic) bond motifs is 1. The number of carbonyl (C=O) groups excluding carboxylic acids is 1. The summed E-state index contributed by atoms with van der Waals surface area (Å²) in [7, 11) is 1.65. The average Bonchev–Trinajstić information content (AvgIpc) is 3.03. The Morgan fingerprint density at radius 2 is 2.42 bits per heavy atom. The third-order valence-electron chi connectivity index (χ3n) is 3.19. The molecule has 1 atom stereocenters. The zero-order valence-corrected chi connectivity index (χ0v) is 11.4. The number of methoxy groups -OCH3 is 1. The van der Waals surface area contributed by atoms with Crippen molar-refractivity contribution in [1.29, 1.82) is 0 Å². The fourth-order valence-corrected chi connectivity index (χ4v) is 3.08. The fraction of sp³-hybridized carbons (Fsp3) is 0.385. The van der Waals surface area contributed by atoms with Crippen molar-refractivity contribution in [3.05, 3.63) is 39.6 Å². The molecule has 6 heteroatoms. The van der Waals surface area contributed by atoms with Gasteiger partial charge in [0.1, 0.15) is 17.6 Å². The summed E-state index contributed by atoms with van der Waals surface area (Å²) < 4.78 is 5.51. The van der Waals surface area contributed by atoms with E-state index in [9.17, 15) is 4.79 Å². The molecule has 0 aliphatic carbocycles. The second-order valence-corrected chi connectivity index (χ2v) is 5.42. The Labute approximate surface area is 115 Å². The summed E-state index contributed by atoms with van der Waals surface area (Å²) in [5, 5.41) is 4.85. The zero-order chi connectivity index (χ0) is 13.2. The van der Waals surface area contributed by atoms with Crippen molar-refractivity contribution in [3.8, 4) is 0 Å². The molecular formula is C13H15N3O2S. The van der Waals surface area contributed by atoms with E-state index in [1.54, 1.807) is 18.4 Å². The van der Waals surface area contributed by atoms with Crippen LogP contribution in [0.5, 0.6) is 0 Å². The van der Waals surface area contributed by atoms with Gasteiger partial charge in [-0.15, -0.1) is 11.3 Å². The summed E-state index contributed by atoms with van der Waals surface area (Å²) in [6, 6.07) is 3.99. The minimum atomic E-state index is -0.236. The number of H-pyrrole nitrogens is 1. The van der Waals surface area contributed by atoms with Crippen molar-refractivity contribution >= 4 is 17.2 Å². The van der Waals surface area contributed by atoms with Crippen LogP contribution >= 0.6 is 11.3 Å². The van der Waals surface area contributed by atoms with E-state index in [-0.39, 0.29) is 12.0 Å². The molecule has 2 aromatic rings. The van der Waals surface area contributed by atoms with Crippen LogP contribution in [0.1, 0.15) is 39.4 Å². The smallest absolute Gasteiger partial charge is 0.271 e. The van der Waals surface area contributed by atoms with E-state index in [1.165, 1.54) is 0 Å². The summed E-state index contributed by atoms with van der Waals surface area (Å²) in [5.41, 5.74) is 1.41. The van der Waals surface area contributed by atoms with Crippen LogP contribution in [-0.2, 0) is 11.2 Å². The van der Waals surface area contributed by atoms with Crippen LogP contribution in [-0.4, -0.2) is 29.5 Å². The van der Waals surface area contributed by atoms with Gasteiger partial charge in [0.15, 0.2) is 0 Å². The van der Waals surface area contributed by atoms with Crippen molar-refractivity contribution in [3.63, 3.8) is 0 Å². The zero-order valence-electron chi connectivity index (χ0n) is 10.6. The Bertz CT molecular complexity index is 577. The number of aromatic amines is 1. The quantitative estimate of drug-likeness (QED) is 0.900. The first-order valence-electron chi connectivity index (χ1n) is 6.22. The molecule has 19 heavy (non-hydrogen) atoms. The molecule has 1 unspecified atom stereocenters. The van der Waals surface area contributed by atoms with Crippen molar-refractivity contribution in [2.75, 3.05) is 13.7 Å². The van der Waals surface area contributed by atoms with E-state index in [2.05, 4.69) is 15.3 Å². The molecule has 1 aliphatic heterocycles. The first-order valence-corrected chi connectivity index (χ1v) is 7.10. The molecule has 0 bridgehead atoms. The number of aryl methyl sites for hydroxylation is 1. The fourth-order valence-electron chi connectivity index (χ4n) is 2.28. The van der Waals surface area contributed by atoms with Crippen LogP contribution in [0.15, 0.2) is 17.5 Å². The van der Waals surface area contributed by atoms with Gasteiger partial charge < -0.3 is 15.0 Å². The van der Waals surface area contributed by atoms with Crippen molar-refractivity contribution in [2.24, 2.45) is 0 Å². The van der Waals surface area contributed by atoms with E-state index in [1.807, 2.05) is 17.5 Å². The molecule has 5 nitrogen and oxygen atoms in total. The normalized spacial score (nSPS) is 16.6. The molecule has 1 aliphatic rings. The average molecular weight is 277 g/mol. The van der Waals surface area contributed by atoms with Gasteiger partial charge in [0.25, 0.3) is 5.91 Å². The third-order valence-corrected chi connectivity index (χ3v) is 4.10. The summed E-state index contributed by atoms with van der Waals surface area (Å²) in [4.78, 5) is 20.6. The number of hydrogen-bond donors (Lipinski definition) is 2. The Kier molecular flexibility index (Phi) is 3.35. The highest BCUT2D eigenvalue weighted by molar-refractivity contribution is 7.10. The van der Waals surface area contributed by atoms with E-state index in [0.717, 1.165) is 23.4 Å². The van der Waals surface area contributed by atoms with Gasteiger partial charge in [-0.2, -0.15) is 0 Å². The van der Waals surface area contributed by atoms with Gasteiger partial charge in [0.05, 0.1) is 0 Å². The van der Waals surface area contributed by atoms with Gasteiger partial charge in [0.2, 0.25) is 0 Å². The van der Waals surface area contributed by atoms with E-state index in [0.29, 0.717) is 18.1 Å². The van der Waals surface area contributed by atoms with Crippen LogP contribution in [0.25, 0.3) is 0 Å². The van der Waals surface area contributed by atoms with Gasteiger partial charge in [0, 0.05) is 24.2 Å². The molecule has 0 radical (unpaired) electrons. The number of nitrogens with one attached hydrogen (secondary N) is 2. The monoisotopic (exact) mass is 277 g/mol. The Hall–Kier alpha value is -1.66. The predicted octanol–water partition coefficient (Wildman–Crippen LogP) is 1.88. The SMILES string of the molecule is COC(c1nc2c([nH]1)CCCNC2=O)c1cccs1. The van der Waals surface area contributed by atoms with Crippen molar-refractivity contribution in [2.45, 2.75) is 18.9 Å². The number of nitrogens with zero attached hydrogens (tertiary/aromatic N) is 1. The minimum absolute atomic E-state index is 0.101. The molecule has 0 saturated heterocycles. The molecule has 100 valence electrons. The van der Waals surface area contributed by atoms with Crippen LogP contribution < -0.4 is 5.32 Å². The first kappa shape index (κ1) is 12.4. The molecule has 0 spiro atoms. The van der Waals surface area contributed by atoms with Crippen molar-refractivity contribution in [1.82, 2.24) is 15.3 Å². The van der Waals surface area contributed by atoms with Gasteiger partial charge in [-0.05, 0) is 24.3 Å². The van der Waals surface area contributed by atoms with Crippen LogP contribution in [0.2, 0.25) is 0 Å². The highest BCUT2D eigenvalue weighted by Gasteiger charge is 2.25. The number of thiophene rings is 1. The Balaban J connectivity index is 1.97. The molecule has 1 amide bonds. The van der Waals surface area contributed by atoms with Gasteiger partial charge >= 0.3 is 0 Å². The Morgan fingerprint density at radius 1 is 1.53 bits per heavy atom. The molecule has 0 aromatic carbocycles. The molecular weight excluding hydrogens is 262 g/mol. The van der Waals surface area contributed by atoms with E-state index in [4.69, 9.17) is 4.74 Å². The Morgan fingerprint density at radius 3 is 3.16 bits per heavy atom. The second-order valence-electron chi connectivity index (χ2n) is 4.44. The van der Waals surface area contributed by atoms with Crippen LogP contribution in [0.4, 0.5) is 0 Å². The summed E-state index contributed by atoms with van der Waals surface area (Å²) >= 11 is 1.62. The second kappa shape index (κ2) is 5.14. The maximum atomic E-state index is 11.9. The lowest BCUT2D eigenvalue weighted by Gasteiger charge is -2.10. The number of carbonyl (C=O) groups is 1. The minimum Gasteiger partial charge on any atom is -0.368 e. The molecule has 0 fully saturated rings. The number of imidazole rings is 1. The lowest BCUT2D eigenvalue weighted by Crippen LogP contribution is -2.23. The summed E-state index contributed by atoms with van der Waals surface area (Å²) in [6.45, 7) is 0.705. The molecule has 3 rings (SSSR count). The van der Waals surface area contributed by atoms with E-state index >= 15 is 0 Å². The maximum absolute atomic E-state index is 11.9. The highest BCUT2D eigenvalue weighted by atomic mass is 32.1. The number of amides is 1. The number of rotatable bonds is 3. The topological polar surface area (TPSA) is 67.0 Å². The lowest BCUT2D eigenvalue weighted by molar-refractivity contribution is 0.0950. The van der Waals surface area contributed by atoms with E-state index < -0.39 is 0 Å². The van der Waals surface area contributed by atoms with Crippen LogP contribution in [0.3, 0.4) is 0 Å². The number of ether oxygens (including phenoxy) is 1. The first-order chi connectivity index (χ1) is 9.29. The summed E-state index contributed by atoms with van der Waals surface area (Å²) in [6.07, 6.45) is 1.53. The number of aromatic nitrogens is 2. The van der Waals surface area contributed by atoms with Gasteiger partial charge in [-0.1, -0.05) is 6.07 Å². The maximum Gasteiger partial charge on any atom is 0.271 e.